The van der Waals surface area contributed by atoms with Gasteiger partial charge in [0.1, 0.15) is 0 Å². The first-order valence-corrected chi connectivity index (χ1v) is 8.58. The number of carbonyl (C=O) groups is 3. The zero-order chi connectivity index (χ0) is 18.9. The smallest absolute Gasteiger partial charge is 0.359 e. The van der Waals surface area contributed by atoms with Crippen LogP contribution in [0.5, 0.6) is 0 Å². The molecule has 0 aliphatic rings. The maximum Gasteiger partial charge on any atom is 0.359 e. The van der Waals surface area contributed by atoms with E-state index in [0.29, 0.717) is 17.5 Å². The number of aryl methyl sites for hydroxylation is 1. The Balaban J connectivity index is 2.16. The van der Waals surface area contributed by atoms with E-state index in [9.17, 15) is 14.4 Å². The fourth-order valence-corrected chi connectivity index (χ4v) is 2.28. The van der Waals surface area contributed by atoms with Crippen molar-refractivity contribution < 1.29 is 23.9 Å². The fraction of sp³-hybridized carbons (Fsp3) is 0.286. The summed E-state index contributed by atoms with van der Waals surface area (Å²) in [7, 11) is 0. The molecule has 0 heterocycles. The predicted octanol–water partition coefficient (Wildman–Crippen LogP) is 4.15. The molecule has 5 nitrogen and oxygen atoms in total. The summed E-state index contributed by atoms with van der Waals surface area (Å²) in [6.07, 6.45) is 0.296. The Hall–Kier alpha value is -2.95. The number of ether oxygens (including phenoxy) is 2. The van der Waals surface area contributed by atoms with Crippen LogP contribution < -0.4 is 0 Å². The molecular weight excluding hydrogens is 332 g/mol. The first-order chi connectivity index (χ1) is 12.5. The lowest BCUT2D eigenvalue weighted by Gasteiger charge is -2.16. The molecule has 0 aromatic heterocycles. The number of unbranched alkanes of at least 4 members (excludes halogenated alkanes) is 1. The molecule has 0 aliphatic heterocycles. The van der Waals surface area contributed by atoms with E-state index in [4.69, 9.17) is 9.47 Å². The van der Waals surface area contributed by atoms with Gasteiger partial charge in [-0.25, -0.2) is 9.59 Å². The van der Waals surface area contributed by atoms with Crippen LogP contribution in [0.25, 0.3) is 0 Å². The molecule has 0 saturated heterocycles. The third kappa shape index (κ3) is 5.55. The molecule has 0 amide bonds. The standard InChI is InChI=1S/C21H22O5/c1-3-4-10-18(22)25-21(24)19(16-8-6-5-7-9-16)26-20(23)17-13-11-15(2)12-14-17/h5-9,11-14,19H,3-4,10H2,1-2H3. The highest BCUT2D eigenvalue weighted by atomic mass is 16.6. The third-order valence-corrected chi connectivity index (χ3v) is 3.78. The molecule has 0 bridgehead atoms. The van der Waals surface area contributed by atoms with Crippen LogP contribution in [-0.4, -0.2) is 17.9 Å². The van der Waals surface area contributed by atoms with Crippen LogP contribution in [-0.2, 0) is 19.1 Å². The average molecular weight is 354 g/mol. The van der Waals surface area contributed by atoms with Gasteiger partial charge in [0.05, 0.1) is 5.56 Å². The zero-order valence-electron chi connectivity index (χ0n) is 14.9. The quantitative estimate of drug-likeness (QED) is 0.552. The van der Waals surface area contributed by atoms with Crippen molar-refractivity contribution >= 4 is 17.9 Å². The van der Waals surface area contributed by atoms with E-state index < -0.39 is 24.0 Å². The molecule has 136 valence electrons. The minimum atomic E-state index is -1.30. The largest absolute Gasteiger partial charge is 0.442 e. The van der Waals surface area contributed by atoms with Crippen molar-refractivity contribution in [2.75, 3.05) is 0 Å². The molecule has 0 fully saturated rings. The van der Waals surface area contributed by atoms with E-state index >= 15 is 0 Å². The van der Waals surface area contributed by atoms with E-state index in [1.807, 2.05) is 13.8 Å². The topological polar surface area (TPSA) is 69.7 Å². The molecule has 5 heteroatoms. The monoisotopic (exact) mass is 354 g/mol. The van der Waals surface area contributed by atoms with Crippen LogP contribution >= 0.6 is 0 Å². The maximum atomic E-state index is 12.4. The van der Waals surface area contributed by atoms with Crippen LogP contribution in [0.1, 0.15) is 53.8 Å². The number of carbonyl (C=O) groups excluding carboxylic acids is 3. The second-order valence-corrected chi connectivity index (χ2v) is 5.96. The van der Waals surface area contributed by atoms with Gasteiger partial charge >= 0.3 is 17.9 Å². The van der Waals surface area contributed by atoms with Gasteiger partial charge in [0.25, 0.3) is 0 Å². The molecule has 0 N–H and O–H groups in total. The summed E-state index contributed by atoms with van der Waals surface area (Å²) in [5.41, 5.74) is 1.77. The lowest BCUT2D eigenvalue weighted by atomic mass is 10.1. The number of hydrogen-bond acceptors (Lipinski definition) is 5. The number of hydrogen-bond donors (Lipinski definition) is 0. The van der Waals surface area contributed by atoms with Gasteiger partial charge in [0.15, 0.2) is 0 Å². The van der Waals surface area contributed by atoms with Gasteiger partial charge in [-0.3, -0.25) is 4.79 Å². The van der Waals surface area contributed by atoms with Crippen molar-refractivity contribution in [2.45, 2.75) is 39.2 Å². The molecule has 0 aliphatic carbocycles. The van der Waals surface area contributed by atoms with Crippen molar-refractivity contribution in [1.82, 2.24) is 0 Å². The molecule has 1 atom stereocenters. The second kappa shape index (κ2) is 9.51. The summed E-state index contributed by atoms with van der Waals surface area (Å²) >= 11 is 0. The summed E-state index contributed by atoms with van der Waals surface area (Å²) in [6.45, 7) is 3.84. The van der Waals surface area contributed by atoms with Crippen LogP contribution in [0, 0.1) is 6.92 Å². The van der Waals surface area contributed by atoms with E-state index in [1.54, 1.807) is 54.6 Å². The highest BCUT2D eigenvalue weighted by molar-refractivity contribution is 5.94. The molecule has 0 saturated carbocycles. The number of benzene rings is 2. The highest BCUT2D eigenvalue weighted by Crippen LogP contribution is 2.21. The molecule has 0 spiro atoms. The summed E-state index contributed by atoms with van der Waals surface area (Å²) in [5.74, 6) is -2.17. The number of rotatable bonds is 7. The van der Waals surface area contributed by atoms with Gasteiger partial charge in [-0.2, -0.15) is 0 Å². The average Bonchev–Trinajstić information content (AvgIpc) is 2.65. The lowest BCUT2D eigenvalue weighted by molar-refractivity contribution is -0.166. The van der Waals surface area contributed by atoms with E-state index in [2.05, 4.69) is 0 Å². The summed E-state index contributed by atoms with van der Waals surface area (Å²) < 4.78 is 10.2. The zero-order valence-corrected chi connectivity index (χ0v) is 14.9. The first-order valence-electron chi connectivity index (χ1n) is 8.58. The minimum absolute atomic E-state index is 0.148. The molecule has 26 heavy (non-hydrogen) atoms. The number of esters is 3. The highest BCUT2D eigenvalue weighted by Gasteiger charge is 2.29. The van der Waals surface area contributed by atoms with Crippen LogP contribution in [0.2, 0.25) is 0 Å². The summed E-state index contributed by atoms with van der Waals surface area (Å²) in [6, 6.07) is 15.3. The van der Waals surface area contributed by atoms with Crippen molar-refractivity contribution in [1.29, 1.82) is 0 Å². The Morgan fingerprint density at radius 1 is 0.962 bits per heavy atom. The van der Waals surface area contributed by atoms with Gasteiger partial charge in [0.2, 0.25) is 6.10 Å². The van der Waals surface area contributed by atoms with Crippen LogP contribution in [0.15, 0.2) is 54.6 Å². The van der Waals surface area contributed by atoms with Gasteiger partial charge < -0.3 is 9.47 Å². The predicted molar refractivity (Wildman–Crippen MR) is 96.4 cm³/mol. The molecule has 1 unspecified atom stereocenters. The minimum Gasteiger partial charge on any atom is -0.442 e. The summed E-state index contributed by atoms with van der Waals surface area (Å²) in [4.78, 5) is 36.6. The van der Waals surface area contributed by atoms with Crippen molar-refractivity contribution in [2.24, 2.45) is 0 Å². The van der Waals surface area contributed by atoms with E-state index in [0.717, 1.165) is 12.0 Å². The van der Waals surface area contributed by atoms with Crippen molar-refractivity contribution in [3.05, 3.63) is 71.3 Å². The third-order valence-electron chi connectivity index (χ3n) is 3.78. The molecule has 2 aromatic carbocycles. The van der Waals surface area contributed by atoms with Gasteiger partial charge in [0, 0.05) is 12.0 Å². The van der Waals surface area contributed by atoms with Gasteiger partial charge in [-0.1, -0.05) is 61.4 Å². The molecular formula is C21H22O5. The second-order valence-electron chi connectivity index (χ2n) is 5.96. The maximum absolute atomic E-state index is 12.4. The first kappa shape index (κ1) is 19.4. The SMILES string of the molecule is CCCCC(=O)OC(=O)C(OC(=O)c1ccc(C)cc1)c1ccccc1. The Bertz CT molecular complexity index is 750. The normalized spacial score (nSPS) is 11.5. The molecule has 0 radical (unpaired) electrons. The van der Waals surface area contributed by atoms with Gasteiger partial charge in [-0.15, -0.1) is 0 Å². The Kier molecular flexibility index (Phi) is 7.09. The Morgan fingerprint density at radius 3 is 2.23 bits per heavy atom. The van der Waals surface area contributed by atoms with Crippen LogP contribution in [0.3, 0.4) is 0 Å². The van der Waals surface area contributed by atoms with E-state index in [-0.39, 0.29) is 6.42 Å². The Morgan fingerprint density at radius 2 is 1.62 bits per heavy atom. The van der Waals surface area contributed by atoms with Crippen LogP contribution in [0.4, 0.5) is 0 Å². The van der Waals surface area contributed by atoms with Crippen molar-refractivity contribution in [3.63, 3.8) is 0 Å². The summed E-state index contributed by atoms with van der Waals surface area (Å²) in [5, 5.41) is 0. The Labute approximate surface area is 152 Å². The van der Waals surface area contributed by atoms with Gasteiger partial charge in [-0.05, 0) is 25.5 Å². The lowest BCUT2D eigenvalue weighted by Crippen LogP contribution is -2.24. The molecule has 2 rings (SSSR count). The molecule has 2 aromatic rings. The van der Waals surface area contributed by atoms with E-state index in [1.165, 1.54) is 0 Å². The fourth-order valence-electron chi connectivity index (χ4n) is 2.28. The van der Waals surface area contributed by atoms with Crippen molar-refractivity contribution in [3.8, 4) is 0 Å².